The zero-order valence-electron chi connectivity index (χ0n) is 27.0. The molecule has 2 aromatic carbocycles. The normalized spacial score (nSPS) is 12.8. The largest absolute Gasteiger partial charge is 0.497 e. The zero-order chi connectivity index (χ0) is 31.4. The Kier molecular flexibility index (Phi) is 13.4. The van der Waals surface area contributed by atoms with Gasteiger partial charge < -0.3 is 25.0 Å². The zero-order valence-corrected chi connectivity index (χ0v) is 27.0. The number of hydrogen-bond acceptors (Lipinski definition) is 5. The highest BCUT2D eigenvalue weighted by molar-refractivity contribution is 5.99. The summed E-state index contributed by atoms with van der Waals surface area (Å²) >= 11 is 0. The van der Waals surface area contributed by atoms with Gasteiger partial charge in [0.05, 0.1) is 7.11 Å². The van der Waals surface area contributed by atoms with Crippen LogP contribution in [-0.2, 0) is 14.3 Å². The lowest BCUT2D eigenvalue weighted by molar-refractivity contribution is -0.141. The molecule has 2 rings (SSSR count). The van der Waals surface area contributed by atoms with E-state index in [4.69, 9.17) is 9.47 Å². The standard InChI is InChI=1S/C34H51N3O5/c1-10-11-12-13-14-19-37(32(39)29(23(2)3)36-33(40)42-34(6,7)8)30(26-21-24(4)20-25(5)22-26)31(38)35-27-15-17-28(41-9)18-16-27/h15-18,20-23,29-30H,10-14,19H2,1-9H3,(H,35,38)(H,36,40). The number of rotatable bonds is 14. The highest BCUT2D eigenvalue weighted by atomic mass is 16.6. The molecule has 8 nitrogen and oxygen atoms in total. The Morgan fingerprint density at radius 3 is 2.02 bits per heavy atom. The fourth-order valence-electron chi connectivity index (χ4n) is 4.90. The van der Waals surface area contributed by atoms with Crippen LogP contribution in [0.3, 0.4) is 0 Å². The third kappa shape index (κ3) is 11.0. The Balaban J connectivity index is 2.55. The minimum atomic E-state index is -0.911. The number of alkyl carbamates (subject to hydrolysis) is 1. The van der Waals surface area contributed by atoms with E-state index < -0.39 is 23.8 Å². The molecule has 3 amide bonds. The lowest BCUT2D eigenvalue weighted by Crippen LogP contribution is -2.54. The number of methoxy groups -OCH3 is 1. The van der Waals surface area contributed by atoms with E-state index in [1.54, 1.807) is 57.0 Å². The summed E-state index contributed by atoms with van der Waals surface area (Å²) in [6.45, 7) is 15.6. The van der Waals surface area contributed by atoms with Gasteiger partial charge in [-0.05, 0) is 76.8 Å². The number of nitrogens with one attached hydrogen (secondary N) is 2. The van der Waals surface area contributed by atoms with Crippen LogP contribution in [0.1, 0.15) is 96.4 Å². The van der Waals surface area contributed by atoms with Crippen molar-refractivity contribution in [2.75, 3.05) is 19.0 Å². The summed E-state index contributed by atoms with van der Waals surface area (Å²) in [7, 11) is 1.59. The number of unbranched alkanes of at least 4 members (excludes halogenated alkanes) is 4. The Hall–Kier alpha value is -3.55. The van der Waals surface area contributed by atoms with Gasteiger partial charge in [0.1, 0.15) is 23.4 Å². The van der Waals surface area contributed by atoms with Crippen LogP contribution < -0.4 is 15.4 Å². The van der Waals surface area contributed by atoms with Gasteiger partial charge in [-0.3, -0.25) is 9.59 Å². The molecule has 0 bridgehead atoms. The van der Waals surface area contributed by atoms with Crippen molar-refractivity contribution in [3.05, 3.63) is 59.2 Å². The molecule has 2 unspecified atom stereocenters. The molecular formula is C34H51N3O5. The Labute approximate surface area is 252 Å². The van der Waals surface area contributed by atoms with Gasteiger partial charge in [0.2, 0.25) is 5.91 Å². The summed E-state index contributed by atoms with van der Waals surface area (Å²) < 4.78 is 10.7. The summed E-state index contributed by atoms with van der Waals surface area (Å²) in [5.41, 5.74) is 2.59. The fraction of sp³-hybridized carbons (Fsp3) is 0.559. The van der Waals surface area contributed by atoms with Gasteiger partial charge >= 0.3 is 6.09 Å². The first-order valence-electron chi connectivity index (χ1n) is 15.1. The second-order valence-corrected chi connectivity index (χ2v) is 12.4. The maximum absolute atomic E-state index is 14.4. The van der Waals surface area contributed by atoms with Crippen LogP contribution >= 0.6 is 0 Å². The molecule has 42 heavy (non-hydrogen) atoms. The van der Waals surface area contributed by atoms with E-state index in [0.717, 1.165) is 48.8 Å². The van der Waals surface area contributed by atoms with E-state index in [-0.39, 0.29) is 17.7 Å². The van der Waals surface area contributed by atoms with Gasteiger partial charge in [0.25, 0.3) is 5.91 Å². The average molecular weight is 582 g/mol. The first kappa shape index (κ1) is 34.7. The quantitative estimate of drug-likeness (QED) is 0.228. The van der Waals surface area contributed by atoms with Crippen LogP contribution in [-0.4, -0.2) is 48.1 Å². The maximum atomic E-state index is 14.4. The maximum Gasteiger partial charge on any atom is 0.408 e. The smallest absolute Gasteiger partial charge is 0.408 e. The number of benzene rings is 2. The molecule has 0 saturated carbocycles. The summed E-state index contributed by atoms with van der Waals surface area (Å²) in [4.78, 5) is 43.0. The van der Waals surface area contributed by atoms with Crippen molar-refractivity contribution in [1.82, 2.24) is 10.2 Å². The molecule has 2 aromatic rings. The van der Waals surface area contributed by atoms with Crippen LogP contribution in [0, 0.1) is 19.8 Å². The molecule has 2 N–H and O–H groups in total. The van der Waals surface area contributed by atoms with Crippen molar-refractivity contribution >= 4 is 23.6 Å². The van der Waals surface area contributed by atoms with E-state index in [2.05, 4.69) is 17.6 Å². The Bertz CT molecular complexity index is 1150. The molecule has 232 valence electrons. The fourth-order valence-corrected chi connectivity index (χ4v) is 4.90. The van der Waals surface area contributed by atoms with Gasteiger partial charge in [0.15, 0.2) is 0 Å². The molecule has 0 spiro atoms. The molecule has 0 fully saturated rings. The molecule has 8 heteroatoms. The minimum Gasteiger partial charge on any atom is -0.497 e. The number of carbonyl (C=O) groups is 3. The number of carbonyl (C=O) groups excluding carboxylic acids is 3. The summed E-state index contributed by atoms with van der Waals surface area (Å²) in [5, 5.41) is 5.81. The molecule has 0 aromatic heterocycles. The van der Waals surface area contributed by atoms with Gasteiger partial charge in [-0.1, -0.05) is 75.8 Å². The van der Waals surface area contributed by atoms with Gasteiger partial charge in [-0.25, -0.2) is 4.79 Å². The van der Waals surface area contributed by atoms with Crippen LogP contribution in [0.15, 0.2) is 42.5 Å². The third-order valence-electron chi connectivity index (χ3n) is 6.87. The van der Waals surface area contributed by atoms with Gasteiger partial charge in [-0.15, -0.1) is 0 Å². The first-order valence-corrected chi connectivity index (χ1v) is 15.1. The summed E-state index contributed by atoms with van der Waals surface area (Å²) in [6.07, 6.45) is 4.27. The monoisotopic (exact) mass is 581 g/mol. The van der Waals surface area contributed by atoms with Crippen molar-refractivity contribution in [3.8, 4) is 5.75 Å². The second kappa shape index (κ2) is 16.2. The highest BCUT2D eigenvalue weighted by Gasteiger charge is 2.37. The predicted octanol–water partition coefficient (Wildman–Crippen LogP) is 7.34. The summed E-state index contributed by atoms with van der Waals surface area (Å²) in [5.74, 6) is -0.208. The highest BCUT2D eigenvalue weighted by Crippen LogP contribution is 2.28. The molecule has 0 radical (unpaired) electrons. The van der Waals surface area contributed by atoms with Crippen LogP contribution in [0.2, 0.25) is 0 Å². The van der Waals surface area contributed by atoms with Crippen molar-refractivity contribution in [2.24, 2.45) is 5.92 Å². The average Bonchev–Trinajstić information content (AvgIpc) is 2.89. The molecular weight excluding hydrogens is 530 g/mol. The van der Waals surface area contributed by atoms with E-state index in [9.17, 15) is 14.4 Å². The molecule has 0 aliphatic rings. The Morgan fingerprint density at radius 2 is 1.50 bits per heavy atom. The number of anilines is 1. The van der Waals surface area contributed by atoms with Crippen molar-refractivity contribution in [1.29, 1.82) is 0 Å². The van der Waals surface area contributed by atoms with E-state index in [1.165, 1.54) is 0 Å². The lowest BCUT2D eigenvalue weighted by Gasteiger charge is -2.36. The molecule has 0 heterocycles. The van der Waals surface area contributed by atoms with Gasteiger partial charge in [0, 0.05) is 12.2 Å². The van der Waals surface area contributed by atoms with Crippen LogP contribution in [0.4, 0.5) is 10.5 Å². The van der Waals surface area contributed by atoms with Gasteiger partial charge in [-0.2, -0.15) is 0 Å². The summed E-state index contributed by atoms with van der Waals surface area (Å²) in [6, 6.07) is 11.3. The predicted molar refractivity (Wildman–Crippen MR) is 169 cm³/mol. The van der Waals surface area contributed by atoms with Crippen LogP contribution in [0.25, 0.3) is 0 Å². The Morgan fingerprint density at radius 1 is 0.905 bits per heavy atom. The molecule has 0 aliphatic heterocycles. The first-order chi connectivity index (χ1) is 19.7. The number of ether oxygens (including phenoxy) is 2. The molecule has 0 aliphatic carbocycles. The SMILES string of the molecule is CCCCCCCN(C(=O)C(NC(=O)OC(C)(C)C)C(C)C)C(C(=O)Nc1ccc(OC)cc1)c1cc(C)cc(C)c1. The lowest BCUT2D eigenvalue weighted by atomic mass is 9.96. The number of amides is 3. The van der Waals surface area contributed by atoms with Crippen molar-refractivity contribution in [3.63, 3.8) is 0 Å². The van der Waals surface area contributed by atoms with E-state index in [0.29, 0.717) is 18.0 Å². The number of nitrogens with zero attached hydrogens (tertiary/aromatic N) is 1. The molecule has 2 atom stereocenters. The third-order valence-corrected chi connectivity index (χ3v) is 6.87. The topological polar surface area (TPSA) is 97.0 Å². The van der Waals surface area contributed by atoms with E-state index >= 15 is 0 Å². The van der Waals surface area contributed by atoms with Crippen molar-refractivity contribution < 1.29 is 23.9 Å². The van der Waals surface area contributed by atoms with Crippen LogP contribution in [0.5, 0.6) is 5.75 Å². The minimum absolute atomic E-state index is 0.239. The number of hydrogen-bond donors (Lipinski definition) is 2. The van der Waals surface area contributed by atoms with E-state index in [1.807, 2.05) is 45.9 Å². The van der Waals surface area contributed by atoms with Crippen molar-refractivity contribution in [2.45, 2.75) is 105 Å². The second-order valence-electron chi connectivity index (χ2n) is 12.4. The number of aryl methyl sites for hydroxylation is 2. The molecule has 0 saturated heterocycles.